The molecule has 0 aliphatic rings. The molecule has 1 atom stereocenters. The highest BCUT2D eigenvalue weighted by atomic mass is 16.2. The van der Waals surface area contributed by atoms with Crippen molar-refractivity contribution >= 4 is 5.91 Å². The molecule has 0 aliphatic carbocycles. The van der Waals surface area contributed by atoms with Gasteiger partial charge in [-0.1, -0.05) is 6.92 Å². The maximum absolute atomic E-state index is 10.8. The molecule has 0 heterocycles. The van der Waals surface area contributed by atoms with Crippen LogP contribution in [0.4, 0.5) is 0 Å². The van der Waals surface area contributed by atoms with Gasteiger partial charge >= 0.3 is 0 Å². The molecular weight excluding hydrogens is 128 g/mol. The van der Waals surface area contributed by atoms with Crippen LogP contribution in [0.25, 0.3) is 0 Å². The van der Waals surface area contributed by atoms with Gasteiger partial charge in [0.2, 0.25) is 5.91 Å². The van der Waals surface area contributed by atoms with Crippen molar-refractivity contribution in [3.63, 3.8) is 0 Å². The Bertz CT molecular complexity index is 110. The summed E-state index contributed by atoms with van der Waals surface area (Å²) in [5.41, 5.74) is 0. The maximum Gasteiger partial charge on any atom is 0.220 e. The summed E-state index contributed by atoms with van der Waals surface area (Å²) in [6, 6.07) is 0. The molecule has 0 spiro atoms. The van der Waals surface area contributed by atoms with Gasteiger partial charge in [0.15, 0.2) is 0 Å². The van der Waals surface area contributed by atoms with E-state index in [1.807, 2.05) is 14.0 Å². The van der Waals surface area contributed by atoms with Crippen molar-refractivity contribution in [3.05, 3.63) is 0 Å². The second kappa shape index (κ2) is 4.28. The zero-order chi connectivity index (χ0) is 8.15. The third-order valence-corrected chi connectivity index (χ3v) is 1.68. The second-order valence-electron chi connectivity index (χ2n) is 2.34. The average molecular weight is 144 g/mol. The zero-order valence-corrected chi connectivity index (χ0v) is 7.14. The summed E-state index contributed by atoms with van der Waals surface area (Å²) in [5, 5.41) is 3.04. The van der Waals surface area contributed by atoms with E-state index in [9.17, 15) is 4.79 Å². The van der Waals surface area contributed by atoms with Crippen molar-refractivity contribution in [1.29, 1.82) is 0 Å². The highest BCUT2D eigenvalue weighted by Gasteiger charge is 2.11. The Kier molecular flexibility index (Phi) is 4.03. The minimum absolute atomic E-state index is 0.0983. The number of carbonyl (C=O) groups is 1. The van der Waals surface area contributed by atoms with Crippen LogP contribution in [0, 0.1) is 0 Å². The first-order chi connectivity index (χ1) is 4.63. The van der Waals surface area contributed by atoms with Crippen molar-refractivity contribution in [3.8, 4) is 0 Å². The number of rotatable bonds is 3. The summed E-state index contributed by atoms with van der Waals surface area (Å²) >= 11 is 0. The van der Waals surface area contributed by atoms with Crippen molar-refractivity contribution in [2.75, 3.05) is 14.1 Å². The van der Waals surface area contributed by atoms with Gasteiger partial charge in [0.05, 0.1) is 6.17 Å². The zero-order valence-electron chi connectivity index (χ0n) is 7.14. The minimum Gasteiger partial charge on any atom is -0.330 e. The molecule has 0 rings (SSSR count). The summed E-state index contributed by atoms with van der Waals surface area (Å²) in [4.78, 5) is 12.5. The number of hydrogen-bond acceptors (Lipinski definition) is 2. The molecule has 1 unspecified atom stereocenters. The Hall–Kier alpha value is -0.570. The van der Waals surface area contributed by atoms with Gasteiger partial charge in [-0.05, 0) is 13.5 Å². The molecule has 0 aromatic heterocycles. The fourth-order valence-corrected chi connectivity index (χ4v) is 0.891. The van der Waals surface area contributed by atoms with Crippen LogP contribution in [0.15, 0.2) is 0 Å². The molecule has 0 saturated carbocycles. The van der Waals surface area contributed by atoms with E-state index in [1.165, 1.54) is 0 Å². The third kappa shape index (κ3) is 2.35. The first-order valence-corrected chi connectivity index (χ1v) is 3.54. The first-order valence-electron chi connectivity index (χ1n) is 3.54. The smallest absolute Gasteiger partial charge is 0.220 e. The van der Waals surface area contributed by atoms with Crippen LogP contribution < -0.4 is 5.32 Å². The van der Waals surface area contributed by atoms with E-state index in [2.05, 4.69) is 5.32 Å². The first kappa shape index (κ1) is 9.43. The lowest BCUT2D eigenvalue weighted by molar-refractivity contribution is -0.130. The van der Waals surface area contributed by atoms with Gasteiger partial charge in [-0.25, -0.2) is 0 Å². The van der Waals surface area contributed by atoms with Crippen LogP contribution in [-0.2, 0) is 4.79 Å². The van der Waals surface area contributed by atoms with Crippen LogP contribution >= 0.6 is 0 Å². The highest BCUT2D eigenvalue weighted by molar-refractivity contribution is 5.73. The van der Waals surface area contributed by atoms with Gasteiger partial charge in [0, 0.05) is 14.0 Å². The molecule has 0 fully saturated rings. The molecule has 0 aromatic rings. The van der Waals surface area contributed by atoms with Crippen LogP contribution in [0.5, 0.6) is 0 Å². The third-order valence-electron chi connectivity index (χ3n) is 1.68. The Morgan fingerprint density at radius 2 is 2.20 bits per heavy atom. The monoisotopic (exact) mass is 144 g/mol. The van der Waals surface area contributed by atoms with Gasteiger partial charge in [-0.2, -0.15) is 0 Å². The quantitative estimate of drug-likeness (QED) is 0.582. The molecular formula is C7H16N2O. The number of nitrogens with zero attached hydrogens (tertiary/aromatic N) is 1. The van der Waals surface area contributed by atoms with Gasteiger partial charge in [-0.3, -0.25) is 4.79 Å². The van der Waals surface area contributed by atoms with Crippen molar-refractivity contribution in [2.24, 2.45) is 0 Å². The highest BCUT2D eigenvalue weighted by Crippen LogP contribution is 1.96. The minimum atomic E-state index is 0.0983. The summed E-state index contributed by atoms with van der Waals surface area (Å²) in [6.45, 7) is 3.61. The van der Waals surface area contributed by atoms with Gasteiger partial charge < -0.3 is 10.2 Å². The Labute approximate surface area is 62.4 Å². The van der Waals surface area contributed by atoms with Crippen LogP contribution in [0.3, 0.4) is 0 Å². The lowest BCUT2D eigenvalue weighted by Crippen LogP contribution is -2.43. The van der Waals surface area contributed by atoms with Crippen LogP contribution in [0.1, 0.15) is 20.3 Å². The molecule has 1 amide bonds. The number of carbonyl (C=O) groups excluding carboxylic acids is 1. The Morgan fingerprint density at radius 1 is 1.70 bits per heavy atom. The van der Waals surface area contributed by atoms with Crippen molar-refractivity contribution in [2.45, 2.75) is 26.4 Å². The number of nitrogens with one attached hydrogen (secondary N) is 1. The second-order valence-corrected chi connectivity index (χ2v) is 2.34. The lowest BCUT2D eigenvalue weighted by atomic mass is 10.3. The molecule has 0 bridgehead atoms. The molecule has 0 radical (unpaired) electrons. The van der Waals surface area contributed by atoms with Crippen molar-refractivity contribution < 1.29 is 4.79 Å². The predicted molar refractivity (Wildman–Crippen MR) is 41.6 cm³/mol. The van der Waals surface area contributed by atoms with E-state index in [0.717, 1.165) is 6.42 Å². The van der Waals surface area contributed by atoms with Gasteiger partial charge in [0.1, 0.15) is 0 Å². The summed E-state index contributed by atoms with van der Waals surface area (Å²) in [7, 11) is 3.65. The number of hydrogen-bond donors (Lipinski definition) is 1. The SMILES string of the molecule is CCC(NC)N(C)C(C)=O. The van der Waals surface area contributed by atoms with E-state index in [1.54, 1.807) is 18.9 Å². The normalized spacial score (nSPS) is 12.8. The summed E-state index contributed by atoms with van der Waals surface area (Å²) in [6.07, 6.45) is 1.12. The van der Waals surface area contributed by atoms with Crippen LogP contribution in [-0.4, -0.2) is 31.1 Å². The van der Waals surface area contributed by atoms with E-state index < -0.39 is 0 Å². The number of amides is 1. The Balaban J connectivity index is 3.88. The van der Waals surface area contributed by atoms with Gasteiger partial charge in [0.25, 0.3) is 0 Å². The molecule has 1 N–H and O–H groups in total. The van der Waals surface area contributed by atoms with E-state index >= 15 is 0 Å². The Morgan fingerprint density at radius 3 is 2.30 bits per heavy atom. The standard InChI is InChI=1S/C7H16N2O/c1-5-7(8-3)9(4)6(2)10/h7-8H,5H2,1-4H3. The van der Waals surface area contributed by atoms with Gasteiger partial charge in [-0.15, -0.1) is 0 Å². The molecule has 60 valence electrons. The van der Waals surface area contributed by atoms with Crippen molar-refractivity contribution in [1.82, 2.24) is 10.2 Å². The molecule has 3 nitrogen and oxygen atoms in total. The van der Waals surface area contributed by atoms with E-state index in [-0.39, 0.29) is 12.1 Å². The van der Waals surface area contributed by atoms with E-state index in [0.29, 0.717) is 0 Å². The molecule has 10 heavy (non-hydrogen) atoms. The molecule has 0 aromatic carbocycles. The van der Waals surface area contributed by atoms with Crippen LogP contribution in [0.2, 0.25) is 0 Å². The fraction of sp³-hybridized carbons (Fsp3) is 0.857. The predicted octanol–water partition coefficient (Wildman–Crippen LogP) is 0.420. The summed E-state index contributed by atoms with van der Waals surface area (Å²) in [5.74, 6) is 0.0983. The maximum atomic E-state index is 10.8. The largest absolute Gasteiger partial charge is 0.330 e. The van der Waals surface area contributed by atoms with E-state index in [4.69, 9.17) is 0 Å². The topological polar surface area (TPSA) is 32.3 Å². The fourth-order valence-electron chi connectivity index (χ4n) is 0.891. The summed E-state index contributed by atoms with van der Waals surface area (Å²) < 4.78 is 0. The lowest BCUT2D eigenvalue weighted by Gasteiger charge is -2.25. The molecule has 0 saturated heterocycles. The molecule has 3 heteroatoms. The average Bonchev–Trinajstić information content (AvgIpc) is 1.90. The molecule has 0 aliphatic heterocycles.